The summed E-state index contributed by atoms with van der Waals surface area (Å²) in [5, 5.41) is 6.69. The Bertz CT molecular complexity index is 1360. The van der Waals surface area contributed by atoms with E-state index in [9.17, 15) is 17.2 Å². The third kappa shape index (κ3) is 5.43. The van der Waals surface area contributed by atoms with Gasteiger partial charge in [-0.3, -0.25) is 0 Å². The van der Waals surface area contributed by atoms with Crippen LogP contribution in [0.4, 0.5) is 26.2 Å². The number of hydrogen-bond acceptors (Lipinski definition) is 7. The molecule has 1 aromatic carbocycles. The van der Waals surface area contributed by atoms with Crippen LogP contribution in [0.5, 0.6) is 0 Å². The lowest BCUT2D eigenvalue weighted by Gasteiger charge is -2.09. The summed E-state index contributed by atoms with van der Waals surface area (Å²) in [6.07, 6.45) is 5.86. The molecule has 3 aromatic rings. The van der Waals surface area contributed by atoms with Crippen LogP contribution in [-0.2, 0) is 9.84 Å². The second-order valence-electron chi connectivity index (χ2n) is 6.54. The summed E-state index contributed by atoms with van der Waals surface area (Å²) in [5.41, 5.74) is 2.72. The normalized spacial score (nSPS) is 13.0. The molecular weight excluding hydrogens is 438 g/mol. The first-order chi connectivity index (χ1) is 15.2. The monoisotopic (exact) mass is 458 g/mol. The van der Waals surface area contributed by atoms with Gasteiger partial charge in [0.15, 0.2) is 0 Å². The molecule has 3 N–H and O–H groups in total. The molecule has 0 aliphatic heterocycles. The minimum Gasteiger partial charge on any atom is -0.372 e. The zero-order valence-electron chi connectivity index (χ0n) is 17.2. The van der Waals surface area contributed by atoms with E-state index < -0.39 is 26.4 Å². The summed E-state index contributed by atoms with van der Waals surface area (Å²) in [4.78, 5) is 14.9. The number of nitrogens with one attached hydrogen (secondary N) is 3. The molecule has 0 saturated heterocycles. The van der Waals surface area contributed by atoms with Gasteiger partial charge in [-0.05, 0) is 43.4 Å². The fourth-order valence-corrected chi connectivity index (χ4v) is 3.72. The number of rotatable bonds is 8. The number of anilines is 3. The van der Waals surface area contributed by atoms with Gasteiger partial charge < -0.3 is 15.6 Å². The van der Waals surface area contributed by atoms with Gasteiger partial charge >= 0.3 is 0 Å². The predicted octanol–water partition coefficient (Wildman–Crippen LogP) is 4.76. The maximum atomic E-state index is 13.6. The molecule has 0 fully saturated rings. The van der Waals surface area contributed by atoms with Gasteiger partial charge in [0.25, 0.3) is 0 Å². The highest BCUT2D eigenvalue weighted by Crippen LogP contribution is 2.24. The Balaban J connectivity index is 1.86. The first kappa shape index (κ1) is 22.8. The summed E-state index contributed by atoms with van der Waals surface area (Å²) in [7, 11) is -2.62. The molecule has 11 heteroatoms. The number of nitrogens with zero attached hydrogens (tertiary/aromatic N) is 3. The van der Waals surface area contributed by atoms with Crippen molar-refractivity contribution in [1.82, 2.24) is 19.9 Å². The highest BCUT2D eigenvalue weighted by Gasteiger charge is 2.18. The van der Waals surface area contributed by atoms with E-state index in [0.29, 0.717) is 11.4 Å². The van der Waals surface area contributed by atoms with E-state index in [0.717, 1.165) is 41.2 Å². The van der Waals surface area contributed by atoms with Crippen LogP contribution in [-0.4, -0.2) is 35.4 Å². The van der Waals surface area contributed by atoms with E-state index >= 15 is 0 Å². The lowest BCUT2D eigenvalue weighted by atomic mass is 10.3. The molecule has 0 aliphatic carbocycles. The number of aromatic amines is 1. The van der Waals surface area contributed by atoms with E-state index in [2.05, 4.69) is 37.1 Å². The van der Waals surface area contributed by atoms with Gasteiger partial charge in [0, 0.05) is 29.9 Å². The van der Waals surface area contributed by atoms with Gasteiger partial charge in [-0.15, -0.1) is 0 Å². The van der Waals surface area contributed by atoms with Gasteiger partial charge in [-0.2, -0.15) is 4.98 Å². The molecule has 32 heavy (non-hydrogen) atoms. The highest BCUT2D eigenvalue weighted by molar-refractivity contribution is 7.98. The third-order valence-electron chi connectivity index (χ3n) is 4.20. The van der Waals surface area contributed by atoms with E-state index in [1.165, 1.54) is 12.3 Å². The molecule has 0 aliphatic rings. The Morgan fingerprint density at radius 1 is 1.22 bits per heavy atom. The first-order valence-corrected chi connectivity index (χ1v) is 10.8. The third-order valence-corrected chi connectivity index (χ3v) is 5.66. The van der Waals surface area contributed by atoms with Gasteiger partial charge in [0.2, 0.25) is 15.8 Å². The van der Waals surface area contributed by atoms with Crippen LogP contribution >= 0.6 is 0 Å². The molecule has 0 bridgehead atoms. The fourth-order valence-electron chi connectivity index (χ4n) is 2.68. The number of H-pyrrole nitrogens is 1. The number of sulfone groups is 1. The second-order valence-corrected chi connectivity index (χ2v) is 8.35. The van der Waals surface area contributed by atoms with Crippen molar-refractivity contribution in [3.63, 3.8) is 0 Å². The van der Waals surface area contributed by atoms with E-state index in [4.69, 9.17) is 0 Å². The molecule has 0 atom stereocenters. The Labute approximate surface area is 183 Å². The van der Waals surface area contributed by atoms with Crippen LogP contribution in [0.1, 0.15) is 12.5 Å². The minimum atomic E-state index is -4.23. The molecule has 8 nitrogen and oxygen atoms in total. The summed E-state index contributed by atoms with van der Waals surface area (Å²) in [6, 6.07) is 5.49. The molecule has 0 unspecified atom stereocenters. The van der Waals surface area contributed by atoms with Crippen LogP contribution in [0.25, 0.3) is 17.1 Å². The maximum absolute atomic E-state index is 13.6. The molecule has 2 aromatic heterocycles. The average molecular weight is 458 g/mol. The standard InChI is InChI=1S/C21H20F2N6O2S/c1-13(22)4-7-19(14(2)23)32(30,31)9-8-15-11-25-21(29-20(15)24-3)28-16-5-6-17-18(10-16)27-12-26-17/h4-12H,2H2,1,3H3,(H,26,27)(H2,24,25,28,29)/b9-8+,13-4+,19-7+. The number of halogens is 2. The lowest BCUT2D eigenvalue weighted by Crippen LogP contribution is -2.03. The van der Waals surface area contributed by atoms with Crippen LogP contribution in [0, 0.1) is 0 Å². The predicted molar refractivity (Wildman–Crippen MR) is 122 cm³/mol. The molecule has 0 amide bonds. The van der Waals surface area contributed by atoms with Crippen molar-refractivity contribution in [3.8, 4) is 0 Å². The molecular formula is C21H20F2N6O2S. The van der Waals surface area contributed by atoms with Crippen molar-refractivity contribution < 1.29 is 17.2 Å². The Morgan fingerprint density at radius 2 is 2.00 bits per heavy atom. The van der Waals surface area contributed by atoms with E-state index in [-0.39, 0.29) is 5.95 Å². The van der Waals surface area contributed by atoms with Crippen molar-refractivity contribution in [2.24, 2.45) is 0 Å². The zero-order valence-corrected chi connectivity index (χ0v) is 18.0. The minimum absolute atomic E-state index is 0.273. The van der Waals surface area contributed by atoms with E-state index in [1.54, 1.807) is 13.4 Å². The van der Waals surface area contributed by atoms with Crippen molar-refractivity contribution in [3.05, 3.63) is 77.0 Å². The number of aromatic nitrogens is 4. The smallest absolute Gasteiger partial charge is 0.229 e. The van der Waals surface area contributed by atoms with Crippen LogP contribution in [0.15, 0.2) is 71.4 Å². The van der Waals surface area contributed by atoms with Gasteiger partial charge in [0.1, 0.15) is 16.5 Å². The van der Waals surface area contributed by atoms with Crippen molar-refractivity contribution in [1.29, 1.82) is 0 Å². The molecule has 0 spiro atoms. The fraction of sp³-hybridized carbons (Fsp3) is 0.0952. The molecule has 166 valence electrons. The van der Waals surface area contributed by atoms with Crippen LogP contribution in [0.3, 0.4) is 0 Å². The van der Waals surface area contributed by atoms with Crippen molar-refractivity contribution in [2.45, 2.75) is 6.92 Å². The quantitative estimate of drug-likeness (QED) is 0.417. The largest absolute Gasteiger partial charge is 0.372 e. The molecule has 2 heterocycles. The van der Waals surface area contributed by atoms with Crippen molar-refractivity contribution in [2.75, 3.05) is 17.7 Å². The average Bonchev–Trinajstić information content (AvgIpc) is 3.20. The Kier molecular flexibility index (Phi) is 6.79. The Hall–Kier alpha value is -3.86. The first-order valence-electron chi connectivity index (χ1n) is 9.26. The molecule has 0 saturated carbocycles. The summed E-state index contributed by atoms with van der Waals surface area (Å²) < 4.78 is 51.5. The maximum Gasteiger partial charge on any atom is 0.229 e. The second kappa shape index (κ2) is 9.52. The molecule has 0 radical (unpaired) electrons. The summed E-state index contributed by atoms with van der Waals surface area (Å²) in [6.45, 7) is 4.11. The van der Waals surface area contributed by atoms with Gasteiger partial charge in [-0.1, -0.05) is 6.58 Å². The number of allylic oxidation sites excluding steroid dienone is 4. The number of hydrogen-bond donors (Lipinski definition) is 3. The van der Waals surface area contributed by atoms with Crippen LogP contribution in [0.2, 0.25) is 0 Å². The summed E-state index contributed by atoms with van der Waals surface area (Å²) >= 11 is 0. The SMILES string of the molecule is C=C(F)/C(=C\C=C(/C)F)S(=O)(=O)/C=C/c1cnc(Nc2ccc3nc[nH]c3c2)nc1NC. The van der Waals surface area contributed by atoms with Crippen LogP contribution < -0.4 is 10.6 Å². The van der Waals surface area contributed by atoms with Gasteiger partial charge in [0.05, 0.1) is 23.2 Å². The van der Waals surface area contributed by atoms with E-state index in [1.807, 2.05) is 18.2 Å². The summed E-state index contributed by atoms with van der Waals surface area (Å²) in [5.74, 6) is -1.27. The highest BCUT2D eigenvalue weighted by atomic mass is 32.2. The zero-order chi connectivity index (χ0) is 23.3. The topological polar surface area (TPSA) is 113 Å². The lowest BCUT2D eigenvalue weighted by molar-refractivity contribution is 0.603. The molecule has 3 rings (SSSR count). The van der Waals surface area contributed by atoms with Crippen molar-refractivity contribution >= 4 is 44.4 Å². The van der Waals surface area contributed by atoms with Gasteiger partial charge in [-0.25, -0.2) is 27.2 Å². The number of imidazole rings is 1. The Morgan fingerprint density at radius 3 is 2.69 bits per heavy atom. The number of benzene rings is 1. The number of fused-ring (bicyclic) bond motifs is 1.